The van der Waals surface area contributed by atoms with E-state index in [1.54, 1.807) is 24.7 Å². The lowest BCUT2D eigenvalue weighted by molar-refractivity contribution is 0.102. The fraction of sp³-hybridized carbons (Fsp3) is 0.111. The Labute approximate surface area is 153 Å². The summed E-state index contributed by atoms with van der Waals surface area (Å²) in [5.41, 5.74) is 3.01. The number of hydrogen-bond donors (Lipinski definition) is 2. The third kappa shape index (κ3) is 4.60. The molecule has 0 saturated carbocycles. The number of carbonyl (C=O) groups is 1. The molecule has 0 aliphatic rings. The molecule has 0 spiro atoms. The zero-order chi connectivity index (χ0) is 17.6. The lowest BCUT2D eigenvalue weighted by atomic mass is 10.2. The smallest absolute Gasteiger partial charge is 0.274 e. The van der Waals surface area contributed by atoms with Crippen LogP contribution < -0.4 is 10.6 Å². The second kappa shape index (κ2) is 7.85. The van der Waals surface area contributed by atoms with Gasteiger partial charge in [0.15, 0.2) is 0 Å². The summed E-state index contributed by atoms with van der Waals surface area (Å²) in [4.78, 5) is 24.9. The summed E-state index contributed by atoms with van der Waals surface area (Å²) >= 11 is 3.41. The summed E-state index contributed by atoms with van der Waals surface area (Å²) in [6, 6.07) is 11.1. The fourth-order valence-corrected chi connectivity index (χ4v) is 2.68. The van der Waals surface area contributed by atoms with Gasteiger partial charge in [-0.25, -0.2) is 9.97 Å². The number of nitrogens with zero attached hydrogens (tertiary/aromatic N) is 3. The number of aromatic nitrogens is 3. The van der Waals surface area contributed by atoms with Gasteiger partial charge in [0, 0.05) is 35.3 Å². The van der Waals surface area contributed by atoms with Gasteiger partial charge in [-0.05, 0) is 48.4 Å². The van der Waals surface area contributed by atoms with Gasteiger partial charge < -0.3 is 10.6 Å². The Morgan fingerprint density at radius 1 is 1.20 bits per heavy atom. The average molecular weight is 398 g/mol. The number of halogens is 1. The average Bonchev–Trinajstić information content (AvgIpc) is 2.63. The van der Waals surface area contributed by atoms with Crippen molar-refractivity contribution in [3.63, 3.8) is 0 Å². The Kier molecular flexibility index (Phi) is 5.35. The number of amides is 1. The summed E-state index contributed by atoms with van der Waals surface area (Å²) in [6.45, 7) is 2.46. The van der Waals surface area contributed by atoms with Crippen molar-refractivity contribution < 1.29 is 4.79 Å². The fourth-order valence-electron chi connectivity index (χ4n) is 2.21. The van der Waals surface area contributed by atoms with E-state index in [0.717, 1.165) is 21.3 Å². The van der Waals surface area contributed by atoms with Crippen molar-refractivity contribution in [2.24, 2.45) is 0 Å². The number of rotatable bonds is 5. The Bertz CT molecular complexity index is 886. The number of pyridine rings is 1. The van der Waals surface area contributed by atoms with Crippen LogP contribution in [0.4, 0.5) is 11.6 Å². The predicted octanol–water partition coefficient (Wildman–Crippen LogP) is 3.81. The molecule has 2 N–H and O–H groups in total. The van der Waals surface area contributed by atoms with E-state index in [9.17, 15) is 4.79 Å². The van der Waals surface area contributed by atoms with Crippen LogP contribution in [0, 0.1) is 6.92 Å². The first-order chi connectivity index (χ1) is 12.1. The summed E-state index contributed by atoms with van der Waals surface area (Å²) in [7, 11) is 0. The minimum atomic E-state index is -0.280. The molecular weight excluding hydrogens is 382 g/mol. The number of anilines is 2. The van der Waals surface area contributed by atoms with Crippen LogP contribution in [0.2, 0.25) is 0 Å². The Hall–Kier alpha value is -2.80. The molecule has 0 aliphatic heterocycles. The molecule has 25 heavy (non-hydrogen) atoms. The monoisotopic (exact) mass is 397 g/mol. The van der Waals surface area contributed by atoms with Crippen LogP contribution in [0.3, 0.4) is 0 Å². The number of carbonyl (C=O) groups excluding carboxylic acids is 1. The van der Waals surface area contributed by atoms with Gasteiger partial charge in [0.2, 0.25) is 5.95 Å². The molecule has 3 rings (SSSR count). The lowest BCUT2D eigenvalue weighted by Crippen LogP contribution is -2.16. The Morgan fingerprint density at radius 2 is 2.08 bits per heavy atom. The molecule has 2 aromatic heterocycles. The van der Waals surface area contributed by atoms with Gasteiger partial charge >= 0.3 is 0 Å². The highest BCUT2D eigenvalue weighted by atomic mass is 79.9. The lowest BCUT2D eigenvalue weighted by Gasteiger charge is -2.09. The molecule has 6 nitrogen and oxygen atoms in total. The Morgan fingerprint density at radius 3 is 2.84 bits per heavy atom. The SMILES string of the molecule is Cc1cc(Br)ccc1NC(=O)c1ccnc(NCc2cccnc2)n1. The zero-order valence-electron chi connectivity index (χ0n) is 13.5. The Balaban J connectivity index is 1.69. The minimum absolute atomic E-state index is 0.280. The van der Waals surface area contributed by atoms with E-state index in [1.807, 2.05) is 37.3 Å². The maximum absolute atomic E-state index is 12.4. The highest BCUT2D eigenvalue weighted by molar-refractivity contribution is 9.10. The normalized spacial score (nSPS) is 10.3. The van der Waals surface area contributed by atoms with Crippen LogP contribution in [-0.4, -0.2) is 20.9 Å². The van der Waals surface area contributed by atoms with Crippen LogP contribution in [0.1, 0.15) is 21.6 Å². The van der Waals surface area contributed by atoms with Crippen LogP contribution in [-0.2, 0) is 6.54 Å². The number of hydrogen-bond acceptors (Lipinski definition) is 5. The molecule has 0 unspecified atom stereocenters. The second-order valence-electron chi connectivity index (χ2n) is 5.39. The van der Waals surface area contributed by atoms with Crippen LogP contribution >= 0.6 is 15.9 Å². The number of nitrogens with one attached hydrogen (secondary N) is 2. The number of benzene rings is 1. The molecule has 0 saturated heterocycles. The van der Waals surface area contributed by atoms with E-state index in [2.05, 4.69) is 41.5 Å². The molecule has 0 bridgehead atoms. The van der Waals surface area contributed by atoms with Crippen molar-refractivity contribution in [2.75, 3.05) is 10.6 Å². The maximum Gasteiger partial charge on any atom is 0.274 e. The van der Waals surface area contributed by atoms with E-state index < -0.39 is 0 Å². The predicted molar refractivity (Wildman–Crippen MR) is 100 cm³/mol. The van der Waals surface area contributed by atoms with Gasteiger partial charge in [-0.1, -0.05) is 22.0 Å². The largest absolute Gasteiger partial charge is 0.350 e. The second-order valence-corrected chi connectivity index (χ2v) is 6.31. The maximum atomic E-state index is 12.4. The van der Waals surface area contributed by atoms with E-state index in [4.69, 9.17) is 0 Å². The summed E-state index contributed by atoms with van der Waals surface area (Å²) in [5.74, 6) is 0.112. The molecule has 0 radical (unpaired) electrons. The molecule has 0 aliphatic carbocycles. The molecule has 0 fully saturated rings. The number of aryl methyl sites for hydroxylation is 1. The van der Waals surface area contributed by atoms with Crippen molar-refractivity contribution in [1.29, 1.82) is 0 Å². The third-order valence-electron chi connectivity index (χ3n) is 3.50. The van der Waals surface area contributed by atoms with Crippen molar-refractivity contribution in [2.45, 2.75) is 13.5 Å². The van der Waals surface area contributed by atoms with Gasteiger partial charge in [-0.2, -0.15) is 0 Å². The summed E-state index contributed by atoms with van der Waals surface area (Å²) in [6.07, 6.45) is 5.04. The van der Waals surface area contributed by atoms with Gasteiger partial charge in [-0.3, -0.25) is 9.78 Å². The quantitative estimate of drug-likeness (QED) is 0.684. The standard InChI is InChI=1S/C18H16BrN5O/c1-12-9-14(19)4-5-15(12)23-17(25)16-6-8-21-18(24-16)22-11-13-3-2-7-20-10-13/h2-10H,11H2,1H3,(H,23,25)(H,21,22,24). The van der Waals surface area contributed by atoms with Crippen LogP contribution in [0.25, 0.3) is 0 Å². The third-order valence-corrected chi connectivity index (χ3v) is 3.99. The van der Waals surface area contributed by atoms with Gasteiger partial charge in [0.05, 0.1) is 0 Å². The first-order valence-electron chi connectivity index (χ1n) is 7.65. The van der Waals surface area contributed by atoms with Crippen molar-refractivity contribution in [3.8, 4) is 0 Å². The zero-order valence-corrected chi connectivity index (χ0v) is 15.1. The molecule has 7 heteroatoms. The first kappa shape index (κ1) is 17.0. The van der Waals surface area contributed by atoms with E-state index >= 15 is 0 Å². The molecule has 126 valence electrons. The molecule has 1 aromatic carbocycles. The summed E-state index contributed by atoms with van der Waals surface area (Å²) in [5, 5.41) is 5.96. The topological polar surface area (TPSA) is 79.8 Å². The van der Waals surface area contributed by atoms with Crippen molar-refractivity contribution in [1.82, 2.24) is 15.0 Å². The molecular formula is C18H16BrN5O. The first-order valence-corrected chi connectivity index (χ1v) is 8.44. The van der Waals surface area contributed by atoms with Gasteiger partial charge in [0.1, 0.15) is 5.69 Å². The van der Waals surface area contributed by atoms with Crippen molar-refractivity contribution in [3.05, 3.63) is 76.3 Å². The van der Waals surface area contributed by atoms with E-state index in [1.165, 1.54) is 0 Å². The molecule has 3 aromatic rings. The highest BCUT2D eigenvalue weighted by Gasteiger charge is 2.10. The van der Waals surface area contributed by atoms with Crippen molar-refractivity contribution >= 4 is 33.5 Å². The van der Waals surface area contributed by atoms with Crippen LogP contribution in [0.15, 0.2) is 59.5 Å². The molecule has 0 atom stereocenters. The van der Waals surface area contributed by atoms with E-state index in [-0.39, 0.29) is 5.91 Å². The van der Waals surface area contributed by atoms with E-state index in [0.29, 0.717) is 18.2 Å². The van der Waals surface area contributed by atoms with Gasteiger partial charge in [0.25, 0.3) is 5.91 Å². The van der Waals surface area contributed by atoms with Crippen LogP contribution in [0.5, 0.6) is 0 Å². The molecule has 2 heterocycles. The highest BCUT2D eigenvalue weighted by Crippen LogP contribution is 2.20. The summed E-state index contributed by atoms with van der Waals surface area (Å²) < 4.78 is 0.965. The molecule has 1 amide bonds. The van der Waals surface area contributed by atoms with Gasteiger partial charge in [-0.15, -0.1) is 0 Å². The minimum Gasteiger partial charge on any atom is -0.350 e.